The third-order valence-corrected chi connectivity index (χ3v) is 4.44. The molecule has 1 aliphatic carbocycles. The fourth-order valence-electron chi connectivity index (χ4n) is 2.12. The number of halogens is 3. The number of hydrogen-bond acceptors (Lipinski definition) is 1. The van der Waals surface area contributed by atoms with Crippen molar-refractivity contribution in [2.75, 3.05) is 0 Å². The lowest BCUT2D eigenvalue weighted by Crippen LogP contribution is -2.57. The summed E-state index contributed by atoms with van der Waals surface area (Å²) in [6.45, 7) is 4.59. The summed E-state index contributed by atoms with van der Waals surface area (Å²) in [4.78, 5) is 0. The van der Waals surface area contributed by atoms with E-state index in [4.69, 9.17) is 11.6 Å². The number of nitrogens with one attached hydrogen (secondary N) is 1. The van der Waals surface area contributed by atoms with E-state index in [9.17, 15) is 8.78 Å². The Bertz CT molecular complexity index is 420. The van der Waals surface area contributed by atoms with Gasteiger partial charge in [-0.05, 0) is 17.9 Å². The summed E-state index contributed by atoms with van der Waals surface area (Å²) in [5.74, 6) is -1.05. The Morgan fingerprint density at radius 3 is 2.65 bits per heavy atom. The Hall–Kier alpha value is -0.670. The predicted octanol–water partition coefficient (Wildman–Crippen LogP) is 3.46. The molecule has 4 heteroatoms. The van der Waals surface area contributed by atoms with Crippen molar-refractivity contribution in [2.45, 2.75) is 38.2 Å². The highest BCUT2D eigenvalue weighted by Crippen LogP contribution is 2.44. The summed E-state index contributed by atoms with van der Waals surface area (Å²) in [7, 11) is 0. The largest absolute Gasteiger partial charge is 0.309 e. The average molecular weight is 260 g/mol. The molecule has 2 unspecified atom stereocenters. The second kappa shape index (κ2) is 4.54. The number of benzene rings is 1. The fourth-order valence-corrected chi connectivity index (χ4v) is 2.45. The van der Waals surface area contributed by atoms with E-state index in [0.29, 0.717) is 12.1 Å². The summed E-state index contributed by atoms with van der Waals surface area (Å²) in [5, 5.41) is 3.43. The van der Waals surface area contributed by atoms with Gasteiger partial charge >= 0.3 is 0 Å². The molecule has 0 aliphatic heterocycles. The van der Waals surface area contributed by atoms with E-state index < -0.39 is 11.6 Å². The smallest absolute Gasteiger partial charge is 0.130 e. The van der Waals surface area contributed by atoms with E-state index >= 15 is 0 Å². The number of hydrogen-bond donors (Lipinski definition) is 1. The minimum absolute atomic E-state index is 0.0259. The molecule has 0 radical (unpaired) electrons. The van der Waals surface area contributed by atoms with Gasteiger partial charge in [0.25, 0.3) is 0 Å². The van der Waals surface area contributed by atoms with Gasteiger partial charge in [0, 0.05) is 29.6 Å². The molecule has 1 saturated carbocycles. The molecule has 1 N–H and O–H groups in total. The Labute approximate surface area is 105 Å². The molecule has 2 rings (SSSR count). The quantitative estimate of drug-likeness (QED) is 0.820. The van der Waals surface area contributed by atoms with Crippen molar-refractivity contribution < 1.29 is 8.78 Å². The van der Waals surface area contributed by atoms with Crippen LogP contribution in [0.5, 0.6) is 0 Å². The predicted molar refractivity (Wildman–Crippen MR) is 65.0 cm³/mol. The highest BCUT2D eigenvalue weighted by Gasteiger charge is 2.46. The first-order valence-corrected chi connectivity index (χ1v) is 6.16. The summed E-state index contributed by atoms with van der Waals surface area (Å²) in [6, 6.07) is 3.94. The minimum atomic E-state index is -0.545. The Morgan fingerprint density at radius 1 is 1.41 bits per heavy atom. The van der Waals surface area contributed by atoms with E-state index in [0.717, 1.165) is 12.5 Å². The molecule has 1 aromatic carbocycles. The molecular formula is C13H16ClF2N. The normalized spacial score (nSPS) is 26.6. The Balaban J connectivity index is 1.95. The molecule has 94 valence electrons. The van der Waals surface area contributed by atoms with E-state index in [1.54, 1.807) is 0 Å². The van der Waals surface area contributed by atoms with Crippen molar-refractivity contribution in [2.24, 2.45) is 5.41 Å². The maximum absolute atomic E-state index is 13.4. The Kier molecular flexibility index (Phi) is 3.41. The molecule has 1 fully saturated rings. The SMILES string of the molecule is CC1(C)C(Cl)CC1NCc1ccc(F)cc1F. The van der Waals surface area contributed by atoms with E-state index in [1.807, 2.05) is 0 Å². The van der Waals surface area contributed by atoms with Crippen LogP contribution in [-0.4, -0.2) is 11.4 Å². The molecule has 17 heavy (non-hydrogen) atoms. The van der Waals surface area contributed by atoms with Crippen molar-refractivity contribution in [3.8, 4) is 0 Å². The highest BCUT2D eigenvalue weighted by molar-refractivity contribution is 6.21. The summed E-state index contributed by atoms with van der Waals surface area (Å²) >= 11 is 6.11. The minimum Gasteiger partial charge on any atom is -0.309 e. The van der Waals surface area contributed by atoms with Gasteiger partial charge in [0.05, 0.1) is 0 Å². The molecule has 0 saturated heterocycles. The van der Waals surface area contributed by atoms with E-state index in [1.165, 1.54) is 12.1 Å². The third kappa shape index (κ3) is 2.45. The van der Waals surface area contributed by atoms with Crippen LogP contribution in [-0.2, 0) is 6.54 Å². The van der Waals surface area contributed by atoms with E-state index in [2.05, 4.69) is 19.2 Å². The zero-order valence-corrected chi connectivity index (χ0v) is 10.7. The monoisotopic (exact) mass is 259 g/mol. The number of alkyl halides is 1. The average Bonchev–Trinajstić information content (AvgIpc) is 2.26. The topological polar surface area (TPSA) is 12.0 Å². The van der Waals surface area contributed by atoms with Gasteiger partial charge in [0.1, 0.15) is 11.6 Å². The molecule has 0 heterocycles. The molecule has 0 aromatic heterocycles. The van der Waals surface area contributed by atoms with Gasteiger partial charge in [-0.25, -0.2) is 8.78 Å². The van der Waals surface area contributed by atoms with Crippen molar-refractivity contribution in [3.05, 3.63) is 35.4 Å². The second-order valence-corrected chi connectivity index (χ2v) is 5.72. The molecule has 1 nitrogen and oxygen atoms in total. The summed E-state index contributed by atoms with van der Waals surface area (Å²) in [6.07, 6.45) is 0.886. The third-order valence-electron chi connectivity index (χ3n) is 3.70. The second-order valence-electron chi connectivity index (χ2n) is 5.19. The lowest BCUT2D eigenvalue weighted by Gasteiger charge is -2.49. The van der Waals surface area contributed by atoms with Crippen LogP contribution in [0.3, 0.4) is 0 Å². The summed E-state index contributed by atoms with van der Waals surface area (Å²) < 4.78 is 26.1. The highest BCUT2D eigenvalue weighted by atomic mass is 35.5. The Morgan fingerprint density at radius 2 is 2.12 bits per heavy atom. The number of rotatable bonds is 3. The molecule has 0 bridgehead atoms. The van der Waals surface area contributed by atoms with Gasteiger partial charge < -0.3 is 5.32 Å². The zero-order chi connectivity index (χ0) is 12.6. The van der Waals surface area contributed by atoms with Crippen LogP contribution in [0.15, 0.2) is 18.2 Å². The first-order valence-electron chi connectivity index (χ1n) is 5.72. The van der Waals surface area contributed by atoms with Crippen LogP contribution in [0.4, 0.5) is 8.78 Å². The maximum Gasteiger partial charge on any atom is 0.130 e. The van der Waals surface area contributed by atoms with Gasteiger partial charge in [0.2, 0.25) is 0 Å². The van der Waals surface area contributed by atoms with Gasteiger partial charge in [-0.2, -0.15) is 0 Å². The van der Waals surface area contributed by atoms with Gasteiger partial charge in [-0.1, -0.05) is 19.9 Å². The van der Waals surface area contributed by atoms with Crippen LogP contribution in [0.2, 0.25) is 0 Å². The van der Waals surface area contributed by atoms with Crippen LogP contribution in [0.25, 0.3) is 0 Å². The molecule has 0 spiro atoms. The molecule has 1 aromatic rings. The van der Waals surface area contributed by atoms with Crippen molar-refractivity contribution in [3.63, 3.8) is 0 Å². The molecule has 2 atom stereocenters. The lowest BCUT2D eigenvalue weighted by atomic mass is 9.67. The lowest BCUT2D eigenvalue weighted by molar-refractivity contribution is 0.115. The first kappa shape index (κ1) is 12.8. The van der Waals surface area contributed by atoms with Crippen LogP contribution >= 0.6 is 11.6 Å². The van der Waals surface area contributed by atoms with Crippen LogP contribution in [0, 0.1) is 17.0 Å². The molecule has 1 aliphatic rings. The molecular weight excluding hydrogens is 244 g/mol. The van der Waals surface area contributed by atoms with Crippen LogP contribution in [0.1, 0.15) is 25.8 Å². The van der Waals surface area contributed by atoms with Crippen molar-refractivity contribution in [1.29, 1.82) is 0 Å². The summed E-state index contributed by atoms with van der Waals surface area (Å²) in [5.41, 5.74) is 0.512. The zero-order valence-electron chi connectivity index (χ0n) is 9.93. The van der Waals surface area contributed by atoms with Crippen LogP contribution < -0.4 is 5.32 Å². The maximum atomic E-state index is 13.4. The molecule has 0 amide bonds. The standard InChI is InChI=1S/C13H16ClF2N/c1-13(2)11(14)6-12(13)17-7-8-3-4-9(15)5-10(8)16/h3-5,11-12,17H,6-7H2,1-2H3. The van der Waals surface area contributed by atoms with Crippen molar-refractivity contribution >= 4 is 11.6 Å². The van der Waals surface area contributed by atoms with Gasteiger partial charge in [-0.3, -0.25) is 0 Å². The van der Waals surface area contributed by atoms with Gasteiger partial charge in [0.15, 0.2) is 0 Å². The first-order chi connectivity index (χ1) is 7.91. The van der Waals surface area contributed by atoms with Crippen molar-refractivity contribution in [1.82, 2.24) is 5.32 Å². The fraction of sp³-hybridized carbons (Fsp3) is 0.538. The van der Waals surface area contributed by atoms with Gasteiger partial charge in [-0.15, -0.1) is 11.6 Å². The van der Waals surface area contributed by atoms with E-state index in [-0.39, 0.29) is 16.8 Å².